The predicted octanol–water partition coefficient (Wildman–Crippen LogP) is 2.31. The molecule has 0 fully saturated rings. The summed E-state index contributed by atoms with van der Waals surface area (Å²) in [5, 5.41) is 5.31. The van der Waals surface area contributed by atoms with Gasteiger partial charge in [0, 0.05) is 10.7 Å². The number of amides is 3. The molecule has 3 amide bonds. The third-order valence-electron chi connectivity index (χ3n) is 3.42. The summed E-state index contributed by atoms with van der Waals surface area (Å²) in [7, 11) is 0. The van der Waals surface area contributed by atoms with Crippen LogP contribution in [0.4, 0.5) is 5.82 Å². The van der Waals surface area contributed by atoms with Gasteiger partial charge in [-0.15, -0.1) is 0 Å². The van der Waals surface area contributed by atoms with E-state index in [1.54, 1.807) is 48.7 Å². The second-order valence-electron chi connectivity index (χ2n) is 5.29. The van der Waals surface area contributed by atoms with Crippen molar-refractivity contribution in [2.75, 3.05) is 11.1 Å². The summed E-state index contributed by atoms with van der Waals surface area (Å²) in [6, 6.07) is 12.1. The van der Waals surface area contributed by atoms with Gasteiger partial charge in [0.1, 0.15) is 11.7 Å². The van der Waals surface area contributed by atoms with E-state index in [4.69, 9.17) is 0 Å². The summed E-state index contributed by atoms with van der Waals surface area (Å²) in [4.78, 5) is 44.3. The lowest BCUT2D eigenvalue weighted by Crippen LogP contribution is -2.41. The predicted molar refractivity (Wildman–Crippen MR) is 103 cm³/mol. The molecule has 2 heterocycles. The minimum absolute atomic E-state index is 0.0137. The van der Waals surface area contributed by atoms with Crippen LogP contribution in [0.5, 0.6) is 0 Å². The van der Waals surface area contributed by atoms with Gasteiger partial charge in [-0.05, 0) is 33.6 Å². The van der Waals surface area contributed by atoms with Gasteiger partial charge in [0.15, 0.2) is 5.17 Å². The highest BCUT2D eigenvalue weighted by atomic mass is 79.9. The average Bonchev–Trinajstić information content (AvgIpc) is 2.62. The summed E-state index contributed by atoms with van der Waals surface area (Å²) in [5.74, 6) is -1.87. The van der Waals surface area contributed by atoms with Gasteiger partial charge in [0.2, 0.25) is 11.8 Å². The van der Waals surface area contributed by atoms with E-state index in [9.17, 15) is 14.4 Å². The van der Waals surface area contributed by atoms with Crippen molar-refractivity contribution in [3.8, 4) is 0 Å². The number of aliphatic imine (C=N–C) groups is 1. The molecular formula is C17H13BrN4O3S. The fraction of sp³-hybridized carbons (Fsp3) is 0.118. The van der Waals surface area contributed by atoms with Crippen LogP contribution in [0.15, 0.2) is 58.1 Å². The molecule has 0 aliphatic carbocycles. The van der Waals surface area contributed by atoms with E-state index in [1.165, 1.54) is 0 Å². The molecule has 0 unspecified atom stereocenters. The Morgan fingerprint density at radius 2 is 1.96 bits per heavy atom. The van der Waals surface area contributed by atoms with Crippen LogP contribution < -0.4 is 10.6 Å². The number of hydrogen-bond acceptors (Lipinski definition) is 5. The number of nitrogens with zero attached hydrogens (tertiary/aromatic N) is 2. The maximum atomic E-state index is 12.2. The van der Waals surface area contributed by atoms with Crippen molar-refractivity contribution in [1.82, 2.24) is 10.3 Å². The van der Waals surface area contributed by atoms with Crippen molar-refractivity contribution in [3.05, 3.63) is 58.7 Å². The average molecular weight is 433 g/mol. The first-order chi connectivity index (χ1) is 12.5. The van der Waals surface area contributed by atoms with Crippen molar-refractivity contribution in [2.24, 2.45) is 4.99 Å². The van der Waals surface area contributed by atoms with E-state index >= 15 is 0 Å². The summed E-state index contributed by atoms with van der Waals surface area (Å²) in [5.41, 5.74) is 0.585. The van der Waals surface area contributed by atoms with Crippen LogP contribution in [0.25, 0.3) is 0 Å². The zero-order valence-electron chi connectivity index (χ0n) is 13.3. The molecule has 0 bridgehead atoms. The lowest BCUT2D eigenvalue weighted by atomic mass is 9.97. The molecule has 7 nitrogen and oxygen atoms in total. The Morgan fingerprint density at radius 1 is 1.19 bits per heavy atom. The van der Waals surface area contributed by atoms with Gasteiger partial charge in [-0.1, -0.05) is 42.1 Å². The fourth-order valence-corrected chi connectivity index (χ4v) is 3.15. The Bertz CT molecular complexity index is 871. The maximum Gasteiger partial charge on any atom is 0.265 e. The van der Waals surface area contributed by atoms with E-state index in [0.717, 1.165) is 16.2 Å². The number of carbonyl (C=O) groups is 3. The van der Waals surface area contributed by atoms with Crippen molar-refractivity contribution >= 4 is 56.4 Å². The molecule has 132 valence electrons. The molecule has 1 aliphatic heterocycles. The Hall–Kier alpha value is -2.52. The summed E-state index contributed by atoms with van der Waals surface area (Å²) in [6.45, 7) is 0. The number of anilines is 1. The fourth-order valence-electron chi connectivity index (χ4n) is 2.25. The van der Waals surface area contributed by atoms with Crippen molar-refractivity contribution < 1.29 is 14.4 Å². The molecule has 1 aliphatic rings. The number of amidine groups is 1. The zero-order valence-corrected chi connectivity index (χ0v) is 15.7. The molecule has 3 rings (SSSR count). The number of thioether (sulfide) groups is 1. The van der Waals surface area contributed by atoms with Crippen molar-refractivity contribution in [2.45, 2.75) is 5.92 Å². The second-order valence-corrected chi connectivity index (χ2v) is 7.17. The number of rotatable bonds is 4. The van der Waals surface area contributed by atoms with E-state index in [0.29, 0.717) is 11.4 Å². The Morgan fingerprint density at radius 3 is 2.62 bits per heavy atom. The number of aromatic nitrogens is 1. The first kappa shape index (κ1) is 18.3. The molecule has 2 aromatic rings. The van der Waals surface area contributed by atoms with Crippen LogP contribution in [0.2, 0.25) is 0 Å². The van der Waals surface area contributed by atoms with E-state index in [-0.39, 0.29) is 16.8 Å². The van der Waals surface area contributed by atoms with Crippen LogP contribution in [0, 0.1) is 0 Å². The summed E-state index contributed by atoms with van der Waals surface area (Å²) < 4.78 is 0.802. The molecule has 0 radical (unpaired) electrons. The van der Waals surface area contributed by atoms with Gasteiger partial charge < -0.3 is 10.6 Å². The minimum Gasteiger partial charge on any atom is -0.310 e. The van der Waals surface area contributed by atoms with Crippen molar-refractivity contribution in [3.63, 3.8) is 0 Å². The van der Waals surface area contributed by atoms with Gasteiger partial charge in [-0.25, -0.2) is 4.98 Å². The highest BCUT2D eigenvalue weighted by molar-refractivity contribution is 9.10. The number of carbonyl (C=O) groups excluding carboxylic acids is 3. The summed E-state index contributed by atoms with van der Waals surface area (Å²) >= 11 is 4.24. The van der Waals surface area contributed by atoms with Gasteiger partial charge >= 0.3 is 0 Å². The Balaban J connectivity index is 1.59. The topological polar surface area (TPSA) is 101 Å². The monoisotopic (exact) mass is 432 g/mol. The minimum atomic E-state index is -0.957. The number of nitrogens with one attached hydrogen (secondary N) is 2. The van der Waals surface area contributed by atoms with Crippen LogP contribution >= 0.6 is 27.7 Å². The number of pyridine rings is 1. The lowest BCUT2D eigenvalue weighted by molar-refractivity contribution is -0.129. The van der Waals surface area contributed by atoms with Crippen LogP contribution in [-0.4, -0.2) is 33.6 Å². The third kappa shape index (κ3) is 4.55. The van der Waals surface area contributed by atoms with Crippen molar-refractivity contribution in [1.29, 1.82) is 0 Å². The van der Waals surface area contributed by atoms with E-state index < -0.39 is 17.7 Å². The molecule has 2 N–H and O–H groups in total. The standard InChI is InChI=1S/C17H13BrN4O3S/c18-11-6-7-12(19-8-11)20-13(23)9-26-17-21-15(24)14(16(25)22-17)10-4-2-1-3-5-10/h1-8,14H,9H2,(H,19,20,23)(H,21,22,24,25). The number of benzene rings is 1. The molecule has 9 heteroatoms. The Labute approximate surface area is 161 Å². The molecule has 0 spiro atoms. The summed E-state index contributed by atoms with van der Waals surface area (Å²) in [6.07, 6.45) is 1.57. The molecule has 0 saturated heterocycles. The van der Waals surface area contributed by atoms with Gasteiger partial charge in [0.05, 0.1) is 5.75 Å². The third-order valence-corrected chi connectivity index (χ3v) is 4.76. The molecule has 1 atom stereocenters. The Kier molecular flexibility index (Phi) is 5.79. The maximum absolute atomic E-state index is 12.2. The first-order valence-corrected chi connectivity index (χ1v) is 9.33. The van der Waals surface area contributed by atoms with Gasteiger partial charge in [-0.2, -0.15) is 4.99 Å². The number of halogens is 1. The highest BCUT2D eigenvalue weighted by Crippen LogP contribution is 2.22. The molecule has 1 aromatic heterocycles. The SMILES string of the molecule is O=C(CSC1=NC(=O)[C@H](c2ccccc2)C(=O)N1)Nc1ccc(Br)cn1. The largest absolute Gasteiger partial charge is 0.310 e. The second kappa shape index (κ2) is 8.24. The first-order valence-electron chi connectivity index (χ1n) is 7.55. The molecule has 26 heavy (non-hydrogen) atoms. The highest BCUT2D eigenvalue weighted by Gasteiger charge is 2.33. The van der Waals surface area contributed by atoms with E-state index in [1.807, 2.05) is 0 Å². The smallest absolute Gasteiger partial charge is 0.265 e. The van der Waals surface area contributed by atoms with Crippen LogP contribution in [-0.2, 0) is 14.4 Å². The normalized spacial score (nSPS) is 16.7. The lowest BCUT2D eigenvalue weighted by Gasteiger charge is -2.19. The van der Waals surface area contributed by atoms with E-state index in [2.05, 4.69) is 36.5 Å². The molecular weight excluding hydrogens is 420 g/mol. The molecule has 0 saturated carbocycles. The number of hydrogen-bond donors (Lipinski definition) is 2. The van der Waals surface area contributed by atoms with Crippen LogP contribution in [0.3, 0.4) is 0 Å². The van der Waals surface area contributed by atoms with Gasteiger partial charge in [0.25, 0.3) is 5.91 Å². The zero-order chi connectivity index (χ0) is 18.5. The van der Waals surface area contributed by atoms with Gasteiger partial charge in [-0.3, -0.25) is 14.4 Å². The van der Waals surface area contributed by atoms with Crippen LogP contribution in [0.1, 0.15) is 11.5 Å². The molecule has 1 aromatic carbocycles. The quantitative estimate of drug-likeness (QED) is 0.721.